The van der Waals surface area contributed by atoms with Crippen LogP contribution in [0.1, 0.15) is 19.3 Å². The molecule has 0 bridgehead atoms. The Morgan fingerprint density at radius 2 is 2.29 bits per heavy atom. The predicted octanol–water partition coefficient (Wildman–Crippen LogP) is -0.139. The van der Waals surface area contributed by atoms with Gasteiger partial charge in [0.15, 0.2) is 5.03 Å². The summed E-state index contributed by atoms with van der Waals surface area (Å²) in [6.45, 7) is 0.484. The molecule has 0 saturated heterocycles. The van der Waals surface area contributed by atoms with Crippen LogP contribution in [0.15, 0.2) is 17.6 Å². The molecule has 17 heavy (non-hydrogen) atoms. The van der Waals surface area contributed by atoms with Crippen LogP contribution in [0.4, 0.5) is 0 Å². The lowest BCUT2D eigenvalue weighted by Crippen LogP contribution is -2.31. The van der Waals surface area contributed by atoms with Crippen molar-refractivity contribution in [1.82, 2.24) is 14.3 Å². The third-order valence-corrected chi connectivity index (χ3v) is 4.48. The normalized spacial score (nSPS) is 18.2. The van der Waals surface area contributed by atoms with Crippen molar-refractivity contribution in [2.24, 2.45) is 12.5 Å². The Hall–Kier alpha value is -0.920. The zero-order valence-electron chi connectivity index (χ0n) is 9.76. The van der Waals surface area contributed by atoms with Crippen molar-refractivity contribution in [2.75, 3.05) is 13.2 Å². The molecule has 6 nitrogen and oxygen atoms in total. The van der Waals surface area contributed by atoms with Gasteiger partial charge in [-0.1, -0.05) is 0 Å². The van der Waals surface area contributed by atoms with Gasteiger partial charge in [-0.05, 0) is 24.7 Å². The van der Waals surface area contributed by atoms with Crippen molar-refractivity contribution < 1.29 is 13.5 Å². The Morgan fingerprint density at radius 1 is 1.59 bits per heavy atom. The number of aliphatic hydroxyl groups is 1. The molecule has 2 N–H and O–H groups in total. The van der Waals surface area contributed by atoms with Crippen LogP contribution < -0.4 is 4.72 Å². The molecular formula is C10H17N3O3S. The molecule has 0 atom stereocenters. The summed E-state index contributed by atoms with van der Waals surface area (Å²) in [5.41, 5.74) is -0.0312. The Balaban J connectivity index is 1.99. The van der Waals surface area contributed by atoms with Gasteiger partial charge in [-0.25, -0.2) is 18.1 Å². The molecule has 0 aliphatic heterocycles. The van der Waals surface area contributed by atoms with Gasteiger partial charge in [0.05, 0.1) is 6.33 Å². The van der Waals surface area contributed by atoms with Crippen molar-refractivity contribution in [3.8, 4) is 0 Å². The molecule has 1 aromatic rings. The van der Waals surface area contributed by atoms with Crippen molar-refractivity contribution in [3.05, 3.63) is 12.5 Å². The molecular weight excluding hydrogens is 242 g/mol. The van der Waals surface area contributed by atoms with Crippen LogP contribution in [-0.2, 0) is 17.1 Å². The van der Waals surface area contributed by atoms with E-state index in [1.807, 2.05) is 0 Å². The summed E-state index contributed by atoms with van der Waals surface area (Å²) in [6.07, 6.45) is 5.51. The smallest absolute Gasteiger partial charge is 0.259 e. The quantitative estimate of drug-likeness (QED) is 0.745. The molecule has 0 radical (unpaired) electrons. The number of aromatic nitrogens is 2. The van der Waals surface area contributed by atoms with Gasteiger partial charge in [0.1, 0.15) is 0 Å². The number of nitrogens with zero attached hydrogens (tertiary/aromatic N) is 2. The number of imidazole rings is 1. The topological polar surface area (TPSA) is 84.2 Å². The van der Waals surface area contributed by atoms with Crippen LogP contribution in [-0.4, -0.2) is 36.2 Å². The average molecular weight is 259 g/mol. The second-order valence-electron chi connectivity index (χ2n) is 4.68. The minimum Gasteiger partial charge on any atom is -0.396 e. The molecule has 0 amide bonds. The number of nitrogens with one attached hydrogen (secondary N) is 1. The van der Waals surface area contributed by atoms with Crippen molar-refractivity contribution in [2.45, 2.75) is 24.3 Å². The summed E-state index contributed by atoms with van der Waals surface area (Å²) in [5, 5.41) is 8.94. The van der Waals surface area contributed by atoms with Gasteiger partial charge in [-0.3, -0.25) is 0 Å². The number of aryl methyl sites for hydroxylation is 1. The number of sulfonamides is 1. The standard InChI is InChI=1S/C10H17N3O3S/c1-13-6-9(11-8-13)17(15,16)12-7-10(2-3-10)4-5-14/h6,8,12,14H,2-5,7H2,1H3. The molecule has 1 heterocycles. The Labute approximate surface area is 101 Å². The third kappa shape index (κ3) is 2.85. The summed E-state index contributed by atoms with van der Waals surface area (Å²) in [5.74, 6) is 0. The molecule has 96 valence electrons. The second-order valence-corrected chi connectivity index (χ2v) is 6.39. The summed E-state index contributed by atoms with van der Waals surface area (Å²) < 4.78 is 27.9. The average Bonchev–Trinajstić information content (AvgIpc) is 2.89. The number of aliphatic hydroxyl groups excluding tert-OH is 1. The van der Waals surface area contributed by atoms with Crippen molar-refractivity contribution in [1.29, 1.82) is 0 Å². The van der Waals surface area contributed by atoms with Crippen LogP contribution in [0, 0.1) is 5.41 Å². The maximum absolute atomic E-state index is 11.9. The van der Waals surface area contributed by atoms with Gasteiger partial charge in [0.25, 0.3) is 10.0 Å². The van der Waals surface area contributed by atoms with E-state index in [-0.39, 0.29) is 17.0 Å². The van der Waals surface area contributed by atoms with E-state index >= 15 is 0 Å². The highest BCUT2D eigenvalue weighted by atomic mass is 32.2. The molecule has 1 aliphatic carbocycles. The fourth-order valence-electron chi connectivity index (χ4n) is 1.78. The van der Waals surface area contributed by atoms with Gasteiger partial charge in [-0.2, -0.15) is 0 Å². The molecule has 0 spiro atoms. The first-order chi connectivity index (χ1) is 7.97. The van der Waals surface area contributed by atoms with E-state index in [0.717, 1.165) is 12.8 Å². The fourth-order valence-corrected chi connectivity index (χ4v) is 2.91. The SMILES string of the molecule is Cn1cnc(S(=O)(=O)NCC2(CCO)CC2)c1. The summed E-state index contributed by atoms with van der Waals surface area (Å²) >= 11 is 0. The van der Waals surface area contributed by atoms with Crippen LogP contribution >= 0.6 is 0 Å². The van der Waals surface area contributed by atoms with Gasteiger partial charge in [0.2, 0.25) is 0 Å². The molecule has 1 saturated carbocycles. The second kappa shape index (κ2) is 4.40. The Morgan fingerprint density at radius 3 is 2.76 bits per heavy atom. The van der Waals surface area contributed by atoms with E-state index in [2.05, 4.69) is 9.71 Å². The largest absolute Gasteiger partial charge is 0.396 e. The highest BCUT2D eigenvalue weighted by Gasteiger charge is 2.42. The Bertz CT molecular complexity index is 491. The molecule has 1 aromatic heterocycles. The molecule has 1 fully saturated rings. The maximum Gasteiger partial charge on any atom is 0.259 e. The van der Waals surface area contributed by atoms with E-state index in [1.165, 1.54) is 12.5 Å². The van der Waals surface area contributed by atoms with E-state index in [0.29, 0.717) is 13.0 Å². The lowest BCUT2D eigenvalue weighted by atomic mass is 10.0. The van der Waals surface area contributed by atoms with Crippen LogP contribution in [0.3, 0.4) is 0 Å². The first-order valence-corrected chi connectivity index (χ1v) is 7.04. The Kier molecular flexibility index (Phi) is 3.24. The summed E-state index contributed by atoms with van der Waals surface area (Å²) in [7, 11) is -1.79. The summed E-state index contributed by atoms with van der Waals surface area (Å²) in [4.78, 5) is 3.82. The number of rotatable bonds is 6. The van der Waals surface area contributed by atoms with E-state index in [4.69, 9.17) is 5.11 Å². The van der Waals surface area contributed by atoms with E-state index < -0.39 is 10.0 Å². The number of hydrogen-bond acceptors (Lipinski definition) is 4. The molecule has 0 aromatic carbocycles. The van der Waals surface area contributed by atoms with E-state index in [9.17, 15) is 8.42 Å². The zero-order valence-corrected chi connectivity index (χ0v) is 10.6. The maximum atomic E-state index is 11.9. The van der Waals surface area contributed by atoms with Gasteiger partial charge < -0.3 is 9.67 Å². The lowest BCUT2D eigenvalue weighted by molar-refractivity contribution is 0.249. The highest BCUT2D eigenvalue weighted by molar-refractivity contribution is 7.89. The molecule has 2 rings (SSSR count). The van der Waals surface area contributed by atoms with E-state index in [1.54, 1.807) is 11.6 Å². The zero-order chi connectivity index (χ0) is 12.5. The van der Waals surface area contributed by atoms with Crippen molar-refractivity contribution in [3.63, 3.8) is 0 Å². The van der Waals surface area contributed by atoms with Crippen LogP contribution in [0.5, 0.6) is 0 Å². The number of hydrogen-bond donors (Lipinski definition) is 2. The van der Waals surface area contributed by atoms with Gasteiger partial charge >= 0.3 is 0 Å². The molecule has 0 unspecified atom stereocenters. The third-order valence-electron chi connectivity index (χ3n) is 3.19. The monoisotopic (exact) mass is 259 g/mol. The van der Waals surface area contributed by atoms with Gasteiger partial charge in [0, 0.05) is 26.4 Å². The molecule has 1 aliphatic rings. The van der Waals surface area contributed by atoms with Gasteiger partial charge in [-0.15, -0.1) is 0 Å². The lowest BCUT2D eigenvalue weighted by Gasteiger charge is -2.13. The predicted molar refractivity (Wildman–Crippen MR) is 61.8 cm³/mol. The minimum absolute atomic E-state index is 0.0312. The van der Waals surface area contributed by atoms with Crippen LogP contribution in [0.2, 0.25) is 0 Å². The highest BCUT2D eigenvalue weighted by Crippen LogP contribution is 2.48. The van der Waals surface area contributed by atoms with Crippen LogP contribution in [0.25, 0.3) is 0 Å². The fraction of sp³-hybridized carbons (Fsp3) is 0.700. The summed E-state index contributed by atoms with van der Waals surface area (Å²) in [6, 6.07) is 0. The first kappa shape index (κ1) is 12.5. The van der Waals surface area contributed by atoms with Crippen molar-refractivity contribution >= 4 is 10.0 Å². The molecule has 7 heteroatoms. The minimum atomic E-state index is -3.51. The first-order valence-electron chi connectivity index (χ1n) is 5.56.